The predicted molar refractivity (Wildman–Crippen MR) is 78.7 cm³/mol. The first-order chi connectivity index (χ1) is 9.95. The van der Waals surface area contributed by atoms with E-state index in [-0.39, 0.29) is 23.3 Å². The number of amides is 1. The van der Waals surface area contributed by atoms with Gasteiger partial charge in [-0.1, -0.05) is 25.9 Å². The molecule has 0 saturated carbocycles. The number of carbonyl (C=O) groups is 1. The summed E-state index contributed by atoms with van der Waals surface area (Å²) in [7, 11) is 0. The van der Waals surface area contributed by atoms with Crippen LogP contribution in [0.5, 0.6) is 0 Å². The zero-order chi connectivity index (χ0) is 15.0. The second kappa shape index (κ2) is 5.61. The Bertz CT molecular complexity index is 526. The Balaban J connectivity index is 1.71. The van der Waals surface area contributed by atoms with Crippen LogP contribution in [0.15, 0.2) is 4.52 Å². The second-order valence-electron chi connectivity index (χ2n) is 6.67. The van der Waals surface area contributed by atoms with Crippen LogP contribution in [-0.4, -0.2) is 45.3 Å². The Labute approximate surface area is 128 Å². The van der Waals surface area contributed by atoms with Gasteiger partial charge in [-0.15, -0.1) is 11.8 Å². The average molecular weight is 311 g/mol. The van der Waals surface area contributed by atoms with E-state index >= 15 is 0 Å². The molecule has 0 aliphatic carbocycles. The first-order valence-corrected chi connectivity index (χ1v) is 8.40. The average Bonchev–Trinajstić information content (AvgIpc) is 3.10. The van der Waals surface area contributed by atoms with Crippen molar-refractivity contribution in [1.82, 2.24) is 15.0 Å². The third-order valence-electron chi connectivity index (χ3n) is 3.91. The van der Waals surface area contributed by atoms with Crippen molar-refractivity contribution in [2.24, 2.45) is 5.41 Å². The number of nitrogens with zero attached hydrogens (tertiary/aromatic N) is 3. The standard InChI is InChI=1S/C14H21N3O3S/c1-14(2,3)12-9(4-5-19-12)13-15-10(20-16-13)6-17-8-21-7-11(17)18/h9,12H,4-8H2,1-3H3/t9-,12-/m0/s1. The number of carbonyl (C=O) groups excluding carboxylic acids is 1. The van der Waals surface area contributed by atoms with Gasteiger partial charge < -0.3 is 14.2 Å². The molecule has 0 bridgehead atoms. The molecule has 3 heterocycles. The number of hydrogen-bond acceptors (Lipinski definition) is 6. The molecule has 0 unspecified atom stereocenters. The molecule has 7 heteroatoms. The lowest BCUT2D eigenvalue weighted by atomic mass is 9.81. The van der Waals surface area contributed by atoms with Gasteiger partial charge in [0.1, 0.15) is 6.54 Å². The van der Waals surface area contributed by atoms with E-state index in [0.717, 1.165) is 13.0 Å². The van der Waals surface area contributed by atoms with Crippen LogP contribution in [0.1, 0.15) is 44.8 Å². The fourth-order valence-electron chi connectivity index (χ4n) is 2.89. The minimum absolute atomic E-state index is 0.0452. The quantitative estimate of drug-likeness (QED) is 0.850. The summed E-state index contributed by atoms with van der Waals surface area (Å²) < 4.78 is 11.2. The molecule has 0 radical (unpaired) electrons. The first-order valence-electron chi connectivity index (χ1n) is 7.25. The van der Waals surface area contributed by atoms with Crippen molar-refractivity contribution in [2.45, 2.75) is 45.8 Å². The SMILES string of the molecule is CC(C)(C)[C@H]1OCC[C@@H]1c1noc(CN2CSCC2=O)n1. The van der Waals surface area contributed by atoms with E-state index in [1.807, 2.05) is 0 Å². The summed E-state index contributed by atoms with van der Waals surface area (Å²) in [4.78, 5) is 17.9. The number of rotatable bonds is 3. The summed E-state index contributed by atoms with van der Waals surface area (Å²) >= 11 is 1.61. The van der Waals surface area contributed by atoms with Crippen LogP contribution in [0.4, 0.5) is 0 Å². The fourth-order valence-corrected chi connectivity index (χ4v) is 3.80. The molecule has 6 nitrogen and oxygen atoms in total. The fraction of sp³-hybridized carbons (Fsp3) is 0.786. The molecule has 2 saturated heterocycles. The number of hydrogen-bond donors (Lipinski definition) is 0. The van der Waals surface area contributed by atoms with E-state index in [9.17, 15) is 4.79 Å². The van der Waals surface area contributed by atoms with Crippen molar-refractivity contribution in [1.29, 1.82) is 0 Å². The van der Waals surface area contributed by atoms with Crippen molar-refractivity contribution in [3.05, 3.63) is 11.7 Å². The van der Waals surface area contributed by atoms with Crippen molar-refractivity contribution >= 4 is 17.7 Å². The molecule has 1 aromatic heterocycles. The Hall–Kier alpha value is -1.08. The molecular formula is C14H21N3O3S. The molecular weight excluding hydrogens is 290 g/mol. The highest BCUT2D eigenvalue weighted by atomic mass is 32.2. The maximum Gasteiger partial charge on any atom is 0.246 e. The highest BCUT2D eigenvalue weighted by molar-refractivity contribution is 8.00. The molecule has 2 aliphatic heterocycles. The van der Waals surface area contributed by atoms with Crippen molar-refractivity contribution in [3.63, 3.8) is 0 Å². The minimum atomic E-state index is 0.0452. The maximum absolute atomic E-state index is 11.6. The maximum atomic E-state index is 11.6. The molecule has 0 aromatic carbocycles. The van der Waals surface area contributed by atoms with Crippen molar-refractivity contribution in [2.75, 3.05) is 18.2 Å². The monoisotopic (exact) mass is 311 g/mol. The van der Waals surface area contributed by atoms with Gasteiger partial charge in [-0.2, -0.15) is 4.98 Å². The third-order valence-corrected chi connectivity index (χ3v) is 4.86. The number of ether oxygens (including phenoxy) is 1. The largest absolute Gasteiger partial charge is 0.377 e. The van der Waals surface area contributed by atoms with E-state index in [4.69, 9.17) is 9.26 Å². The molecule has 1 aromatic rings. The third kappa shape index (κ3) is 3.08. The summed E-state index contributed by atoms with van der Waals surface area (Å²) in [5.41, 5.74) is 0.0452. The molecule has 116 valence electrons. The molecule has 21 heavy (non-hydrogen) atoms. The lowest BCUT2D eigenvalue weighted by molar-refractivity contribution is -0.127. The molecule has 2 fully saturated rings. The lowest BCUT2D eigenvalue weighted by Gasteiger charge is -2.29. The van der Waals surface area contributed by atoms with Gasteiger partial charge in [-0.05, 0) is 11.8 Å². The Morgan fingerprint density at radius 1 is 1.43 bits per heavy atom. The Morgan fingerprint density at radius 2 is 2.24 bits per heavy atom. The molecule has 2 aliphatic rings. The van der Waals surface area contributed by atoms with Gasteiger partial charge in [0.05, 0.1) is 23.7 Å². The second-order valence-corrected chi connectivity index (χ2v) is 7.62. The van der Waals surface area contributed by atoms with Gasteiger partial charge in [-0.3, -0.25) is 4.79 Å². The minimum Gasteiger partial charge on any atom is -0.377 e. The molecule has 3 rings (SSSR count). The summed E-state index contributed by atoms with van der Waals surface area (Å²) in [5.74, 6) is 2.78. The van der Waals surface area contributed by atoms with Gasteiger partial charge in [0, 0.05) is 6.61 Å². The lowest BCUT2D eigenvalue weighted by Crippen LogP contribution is -2.30. The smallest absolute Gasteiger partial charge is 0.246 e. The topological polar surface area (TPSA) is 68.5 Å². The highest BCUT2D eigenvalue weighted by Gasteiger charge is 2.40. The van der Waals surface area contributed by atoms with Gasteiger partial charge in [-0.25, -0.2) is 0 Å². The number of aromatic nitrogens is 2. The van der Waals surface area contributed by atoms with Gasteiger partial charge in [0.15, 0.2) is 5.82 Å². The Morgan fingerprint density at radius 3 is 2.90 bits per heavy atom. The zero-order valence-corrected chi connectivity index (χ0v) is 13.5. The van der Waals surface area contributed by atoms with Crippen LogP contribution in [0.2, 0.25) is 0 Å². The van der Waals surface area contributed by atoms with E-state index in [0.29, 0.717) is 29.9 Å². The Kier molecular flexibility index (Phi) is 3.96. The van der Waals surface area contributed by atoms with Gasteiger partial charge in [0.25, 0.3) is 0 Å². The van der Waals surface area contributed by atoms with Crippen LogP contribution >= 0.6 is 11.8 Å². The van der Waals surface area contributed by atoms with E-state index in [1.54, 1.807) is 16.7 Å². The van der Waals surface area contributed by atoms with Crippen LogP contribution in [0, 0.1) is 5.41 Å². The normalized spacial score (nSPS) is 26.8. The van der Waals surface area contributed by atoms with E-state index in [1.165, 1.54) is 0 Å². The summed E-state index contributed by atoms with van der Waals surface area (Å²) in [6, 6.07) is 0. The van der Waals surface area contributed by atoms with Crippen molar-refractivity contribution < 1.29 is 14.1 Å². The van der Waals surface area contributed by atoms with Crippen LogP contribution < -0.4 is 0 Å². The van der Waals surface area contributed by atoms with Gasteiger partial charge >= 0.3 is 0 Å². The molecule has 0 spiro atoms. The summed E-state index contributed by atoms with van der Waals surface area (Å²) in [6.07, 6.45) is 1.02. The summed E-state index contributed by atoms with van der Waals surface area (Å²) in [6.45, 7) is 7.63. The highest BCUT2D eigenvalue weighted by Crippen LogP contribution is 2.39. The van der Waals surface area contributed by atoms with Crippen molar-refractivity contribution in [3.8, 4) is 0 Å². The number of thioether (sulfide) groups is 1. The predicted octanol–water partition coefficient (Wildman–Crippen LogP) is 2.02. The zero-order valence-electron chi connectivity index (χ0n) is 12.7. The van der Waals surface area contributed by atoms with E-state index < -0.39 is 0 Å². The summed E-state index contributed by atoms with van der Waals surface area (Å²) in [5, 5.41) is 4.12. The van der Waals surface area contributed by atoms with E-state index in [2.05, 4.69) is 30.9 Å². The van der Waals surface area contributed by atoms with Crippen LogP contribution in [0.3, 0.4) is 0 Å². The van der Waals surface area contributed by atoms with Gasteiger partial charge in [0.2, 0.25) is 11.8 Å². The molecule has 0 N–H and O–H groups in total. The van der Waals surface area contributed by atoms with Crippen LogP contribution in [-0.2, 0) is 16.1 Å². The van der Waals surface area contributed by atoms with Crippen LogP contribution in [0.25, 0.3) is 0 Å². The molecule has 2 atom stereocenters. The first kappa shape index (κ1) is 14.8. The molecule has 1 amide bonds.